The summed E-state index contributed by atoms with van der Waals surface area (Å²) in [6.45, 7) is 6.00. The number of aromatic hydroxyl groups is 1. The summed E-state index contributed by atoms with van der Waals surface area (Å²) < 4.78 is 0. The zero-order chi connectivity index (χ0) is 14.4. The molecule has 2 rings (SSSR count). The van der Waals surface area contributed by atoms with Gasteiger partial charge in [-0.05, 0) is 48.8 Å². The van der Waals surface area contributed by atoms with Gasteiger partial charge in [0.25, 0.3) is 0 Å². The minimum Gasteiger partial charge on any atom is -0.507 e. The summed E-state index contributed by atoms with van der Waals surface area (Å²) in [5, 5.41) is 10.3. The summed E-state index contributed by atoms with van der Waals surface area (Å²) in [7, 11) is 0. The van der Waals surface area contributed by atoms with E-state index in [0.717, 1.165) is 18.4 Å². The molecule has 1 aliphatic rings. The largest absolute Gasteiger partial charge is 0.507 e. The van der Waals surface area contributed by atoms with Crippen LogP contribution in [0.5, 0.6) is 5.75 Å². The number of phenols is 1. The van der Waals surface area contributed by atoms with Gasteiger partial charge < -0.3 is 5.11 Å². The minimum absolute atomic E-state index is 0.420. The maximum atomic E-state index is 10.3. The van der Waals surface area contributed by atoms with Gasteiger partial charge in [0.2, 0.25) is 0 Å². The summed E-state index contributed by atoms with van der Waals surface area (Å²) in [6, 6.07) is 3.91. The standard InChI is InChI=1S/C19H26O/c1-3-5-12-17-18(20)14-13-15(9-4-2)19(17)16-10-7-6-8-11-16/h4-5,12-14,16,20H,2-3,6-11H2,1H3. The lowest BCUT2D eigenvalue weighted by molar-refractivity contribution is 0.435. The second kappa shape index (κ2) is 7.33. The van der Waals surface area contributed by atoms with Gasteiger partial charge in [-0.25, -0.2) is 0 Å². The minimum atomic E-state index is 0.420. The predicted octanol–water partition coefficient (Wildman–Crippen LogP) is 5.59. The highest BCUT2D eigenvalue weighted by atomic mass is 16.3. The summed E-state index contributed by atoms with van der Waals surface area (Å²) >= 11 is 0. The van der Waals surface area contributed by atoms with Gasteiger partial charge in [-0.3, -0.25) is 0 Å². The second-order valence-corrected chi connectivity index (χ2v) is 5.71. The van der Waals surface area contributed by atoms with Gasteiger partial charge >= 0.3 is 0 Å². The van der Waals surface area contributed by atoms with Crippen LogP contribution in [0.1, 0.15) is 68.1 Å². The fraction of sp³-hybridized carbons (Fsp3) is 0.474. The molecule has 0 heterocycles. The maximum Gasteiger partial charge on any atom is 0.123 e. The van der Waals surface area contributed by atoms with Gasteiger partial charge in [0, 0.05) is 5.56 Å². The van der Waals surface area contributed by atoms with Crippen LogP contribution < -0.4 is 0 Å². The van der Waals surface area contributed by atoms with Crippen molar-refractivity contribution >= 4 is 6.08 Å². The van der Waals surface area contributed by atoms with Crippen molar-refractivity contribution in [1.82, 2.24) is 0 Å². The molecule has 1 saturated carbocycles. The van der Waals surface area contributed by atoms with Crippen LogP contribution in [-0.2, 0) is 6.42 Å². The van der Waals surface area contributed by atoms with E-state index in [1.54, 1.807) is 0 Å². The van der Waals surface area contributed by atoms with Crippen molar-refractivity contribution in [2.24, 2.45) is 0 Å². The molecule has 1 nitrogen and oxygen atoms in total. The molecule has 1 N–H and O–H groups in total. The normalized spacial score (nSPS) is 16.6. The van der Waals surface area contributed by atoms with Crippen LogP contribution in [0, 0.1) is 0 Å². The van der Waals surface area contributed by atoms with Crippen molar-refractivity contribution in [2.75, 3.05) is 0 Å². The smallest absolute Gasteiger partial charge is 0.123 e. The van der Waals surface area contributed by atoms with Crippen LogP contribution in [0.15, 0.2) is 30.9 Å². The van der Waals surface area contributed by atoms with E-state index in [-0.39, 0.29) is 0 Å². The zero-order valence-electron chi connectivity index (χ0n) is 12.6. The van der Waals surface area contributed by atoms with E-state index in [1.807, 2.05) is 12.1 Å². The molecule has 20 heavy (non-hydrogen) atoms. The molecule has 1 fully saturated rings. The quantitative estimate of drug-likeness (QED) is 0.691. The first-order valence-electron chi connectivity index (χ1n) is 7.90. The summed E-state index contributed by atoms with van der Waals surface area (Å²) in [4.78, 5) is 0. The molecular formula is C19H26O. The monoisotopic (exact) mass is 270 g/mol. The van der Waals surface area contributed by atoms with E-state index in [2.05, 4.69) is 31.7 Å². The summed E-state index contributed by atoms with van der Waals surface area (Å²) in [5.41, 5.74) is 3.74. The third-order valence-corrected chi connectivity index (χ3v) is 4.25. The van der Waals surface area contributed by atoms with E-state index >= 15 is 0 Å². The molecule has 1 aromatic carbocycles. The van der Waals surface area contributed by atoms with E-state index in [4.69, 9.17) is 0 Å². The molecule has 0 bridgehead atoms. The van der Waals surface area contributed by atoms with Gasteiger partial charge in [0.05, 0.1) is 0 Å². The SMILES string of the molecule is C=CCc1ccc(O)c(C=CCC)c1C1CCCCC1. The number of phenolic OH excluding ortho intramolecular Hbond substituents is 1. The van der Waals surface area contributed by atoms with Gasteiger partial charge in [0.15, 0.2) is 0 Å². The summed E-state index contributed by atoms with van der Waals surface area (Å²) in [5.74, 6) is 1.02. The van der Waals surface area contributed by atoms with E-state index in [0.29, 0.717) is 11.7 Å². The van der Waals surface area contributed by atoms with Crippen LogP contribution in [0.3, 0.4) is 0 Å². The Hall–Kier alpha value is -1.50. The van der Waals surface area contributed by atoms with Crippen molar-refractivity contribution < 1.29 is 5.11 Å². The first-order chi connectivity index (χ1) is 9.77. The van der Waals surface area contributed by atoms with Crippen LogP contribution in [0.25, 0.3) is 6.08 Å². The van der Waals surface area contributed by atoms with Crippen molar-refractivity contribution in [3.8, 4) is 5.75 Å². The molecule has 0 saturated heterocycles. The highest BCUT2D eigenvalue weighted by Crippen LogP contribution is 2.40. The molecule has 0 radical (unpaired) electrons. The molecule has 0 aliphatic heterocycles. The van der Waals surface area contributed by atoms with Crippen molar-refractivity contribution in [1.29, 1.82) is 0 Å². The Morgan fingerprint density at radius 3 is 2.65 bits per heavy atom. The first kappa shape index (κ1) is 14.9. The number of hydrogen-bond acceptors (Lipinski definition) is 1. The Kier molecular flexibility index (Phi) is 5.46. The number of hydrogen-bond donors (Lipinski definition) is 1. The predicted molar refractivity (Wildman–Crippen MR) is 87.2 cm³/mol. The third kappa shape index (κ3) is 3.33. The Balaban J connectivity index is 2.48. The molecule has 0 aromatic heterocycles. The van der Waals surface area contributed by atoms with Crippen LogP contribution >= 0.6 is 0 Å². The number of allylic oxidation sites excluding steroid dienone is 2. The van der Waals surface area contributed by atoms with Crippen LogP contribution in [0.4, 0.5) is 0 Å². The average molecular weight is 270 g/mol. The van der Waals surface area contributed by atoms with E-state index in [1.165, 1.54) is 43.2 Å². The van der Waals surface area contributed by atoms with E-state index in [9.17, 15) is 5.11 Å². The highest BCUT2D eigenvalue weighted by molar-refractivity contribution is 5.64. The second-order valence-electron chi connectivity index (χ2n) is 5.71. The fourth-order valence-corrected chi connectivity index (χ4v) is 3.29. The lowest BCUT2D eigenvalue weighted by atomic mass is 9.79. The Morgan fingerprint density at radius 2 is 2.00 bits per heavy atom. The topological polar surface area (TPSA) is 20.2 Å². The molecule has 0 spiro atoms. The third-order valence-electron chi connectivity index (χ3n) is 4.25. The zero-order valence-corrected chi connectivity index (χ0v) is 12.6. The van der Waals surface area contributed by atoms with Gasteiger partial charge in [-0.15, -0.1) is 6.58 Å². The lowest BCUT2D eigenvalue weighted by Gasteiger charge is -2.26. The fourth-order valence-electron chi connectivity index (χ4n) is 3.29. The lowest BCUT2D eigenvalue weighted by Crippen LogP contribution is -2.09. The molecule has 1 aliphatic carbocycles. The van der Waals surface area contributed by atoms with Crippen molar-refractivity contribution in [3.63, 3.8) is 0 Å². The maximum absolute atomic E-state index is 10.3. The molecule has 1 aromatic rings. The Morgan fingerprint density at radius 1 is 1.25 bits per heavy atom. The molecule has 0 unspecified atom stereocenters. The average Bonchev–Trinajstić information content (AvgIpc) is 2.48. The van der Waals surface area contributed by atoms with Crippen LogP contribution in [-0.4, -0.2) is 5.11 Å². The first-order valence-corrected chi connectivity index (χ1v) is 7.90. The Bertz CT molecular complexity index is 479. The van der Waals surface area contributed by atoms with Crippen molar-refractivity contribution in [2.45, 2.75) is 57.8 Å². The number of rotatable bonds is 5. The van der Waals surface area contributed by atoms with Crippen molar-refractivity contribution in [3.05, 3.63) is 47.6 Å². The number of benzene rings is 1. The van der Waals surface area contributed by atoms with Gasteiger partial charge in [-0.1, -0.05) is 50.5 Å². The molecular weight excluding hydrogens is 244 g/mol. The molecule has 0 atom stereocenters. The molecule has 108 valence electrons. The Labute approximate surface area is 123 Å². The summed E-state index contributed by atoms with van der Waals surface area (Å²) in [6.07, 6.45) is 14.6. The van der Waals surface area contributed by atoms with Gasteiger partial charge in [-0.2, -0.15) is 0 Å². The molecule has 0 amide bonds. The van der Waals surface area contributed by atoms with Gasteiger partial charge in [0.1, 0.15) is 5.75 Å². The molecule has 1 heteroatoms. The highest BCUT2D eigenvalue weighted by Gasteiger charge is 2.22. The van der Waals surface area contributed by atoms with Crippen LogP contribution in [0.2, 0.25) is 0 Å². The van der Waals surface area contributed by atoms with E-state index < -0.39 is 0 Å².